The van der Waals surface area contributed by atoms with Crippen LogP contribution in [0.15, 0.2) is 18.2 Å². The minimum Gasteiger partial charge on any atom is -0.370 e. The van der Waals surface area contributed by atoms with E-state index in [1.54, 1.807) is 0 Å². The smallest absolute Gasteiger partial charge is 0.222 e. The fraction of sp³-hybridized carbons (Fsp3) is 0.632. The first-order chi connectivity index (χ1) is 11.5. The van der Waals surface area contributed by atoms with E-state index in [1.165, 1.54) is 24.2 Å². The van der Waals surface area contributed by atoms with Crippen molar-refractivity contribution in [2.24, 2.45) is 5.92 Å². The van der Waals surface area contributed by atoms with Crippen molar-refractivity contribution >= 4 is 28.9 Å². The van der Waals surface area contributed by atoms with E-state index >= 15 is 0 Å². The lowest BCUT2D eigenvalue weighted by Gasteiger charge is -2.38. The number of anilines is 2. The number of amides is 1. The number of carbonyl (C=O) groups is 1. The Morgan fingerprint density at radius 2 is 1.62 bits per heavy atom. The predicted molar refractivity (Wildman–Crippen MR) is 101 cm³/mol. The summed E-state index contributed by atoms with van der Waals surface area (Å²) in [5, 5.41) is 0.798. The summed E-state index contributed by atoms with van der Waals surface area (Å²) in [6, 6.07) is 6.22. The lowest BCUT2D eigenvalue weighted by atomic mass is 10.1. The summed E-state index contributed by atoms with van der Waals surface area (Å²) in [7, 11) is 0. The molecule has 0 aliphatic carbocycles. The Kier molecular flexibility index (Phi) is 5.54. The summed E-state index contributed by atoms with van der Waals surface area (Å²) in [6.07, 6.45) is 3.16. The minimum atomic E-state index is 0.292. The summed E-state index contributed by atoms with van der Waals surface area (Å²) >= 11 is 6.25. The Morgan fingerprint density at radius 3 is 2.25 bits per heavy atom. The molecule has 2 aliphatic heterocycles. The average Bonchev–Trinajstić information content (AvgIpc) is 3.09. The van der Waals surface area contributed by atoms with Crippen LogP contribution in [0.4, 0.5) is 11.4 Å². The lowest BCUT2D eigenvalue weighted by Crippen LogP contribution is -2.49. The van der Waals surface area contributed by atoms with Crippen molar-refractivity contribution in [1.29, 1.82) is 0 Å². The normalized spacial score (nSPS) is 18.6. The third-order valence-corrected chi connectivity index (χ3v) is 5.18. The molecule has 1 aromatic carbocycles. The van der Waals surface area contributed by atoms with Crippen molar-refractivity contribution in [3.63, 3.8) is 0 Å². The number of hydrogen-bond donors (Lipinski definition) is 0. The molecule has 0 saturated carbocycles. The number of hydrogen-bond acceptors (Lipinski definition) is 3. The van der Waals surface area contributed by atoms with Crippen LogP contribution in [0, 0.1) is 5.92 Å². The van der Waals surface area contributed by atoms with Gasteiger partial charge in [0.25, 0.3) is 0 Å². The number of piperazine rings is 1. The number of halogens is 1. The van der Waals surface area contributed by atoms with E-state index in [-0.39, 0.29) is 0 Å². The van der Waals surface area contributed by atoms with Crippen molar-refractivity contribution in [3.05, 3.63) is 23.2 Å². The molecule has 24 heavy (non-hydrogen) atoms. The van der Waals surface area contributed by atoms with Gasteiger partial charge in [0.15, 0.2) is 0 Å². The van der Waals surface area contributed by atoms with Crippen LogP contribution >= 0.6 is 11.6 Å². The van der Waals surface area contributed by atoms with E-state index in [2.05, 4.69) is 35.8 Å². The first-order valence-corrected chi connectivity index (χ1v) is 9.49. The molecule has 2 fully saturated rings. The van der Waals surface area contributed by atoms with Crippen LogP contribution in [0.1, 0.15) is 33.1 Å². The van der Waals surface area contributed by atoms with E-state index in [9.17, 15) is 4.79 Å². The molecule has 0 atom stereocenters. The Bertz CT molecular complexity index is 576. The van der Waals surface area contributed by atoms with E-state index in [0.29, 0.717) is 18.2 Å². The molecule has 132 valence electrons. The van der Waals surface area contributed by atoms with Crippen molar-refractivity contribution in [2.45, 2.75) is 33.1 Å². The second kappa shape index (κ2) is 7.64. The number of carbonyl (C=O) groups excluding carboxylic acids is 1. The maximum atomic E-state index is 12.3. The van der Waals surface area contributed by atoms with Gasteiger partial charge in [-0.3, -0.25) is 4.79 Å². The van der Waals surface area contributed by atoms with Gasteiger partial charge in [-0.25, -0.2) is 0 Å². The van der Waals surface area contributed by atoms with Crippen LogP contribution in [0.2, 0.25) is 5.02 Å². The van der Waals surface area contributed by atoms with Crippen LogP contribution < -0.4 is 9.80 Å². The lowest BCUT2D eigenvalue weighted by molar-refractivity contribution is -0.132. The van der Waals surface area contributed by atoms with Gasteiger partial charge in [0.2, 0.25) is 5.91 Å². The SMILES string of the molecule is CC(C)CC(=O)N1CCN(c2ccc(Cl)cc2N2CCCC2)CC1. The Labute approximate surface area is 150 Å². The zero-order valence-corrected chi connectivity index (χ0v) is 15.6. The largest absolute Gasteiger partial charge is 0.370 e. The van der Waals surface area contributed by atoms with E-state index in [0.717, 1.165) is 44.3 Å². The summed E-state index contributed by atoms with van der Waals surface area (Å²) < 4.78 is 0. The van der Waals surface area contributed by atoms with Crippen LogP contribution in [0.5, 0.6) is 0 Å². The molecule has 5 heteroatoms. The first-order valence-electron chi connectivity index (χ1n) is 9.12. The van der Waals surface area contributed by atoms with Crippen LogP contribution in [-0.4, -0.2) is 50.1 Å². The molecule has 0 aromatic heterocycles. The minimum absolute atomic E-state index is 0.292. The Balaban J connectivity index is 1.69. The van der Waals surface area contributed by atoms with Crippen molar-refractivity contribution in [2.75, 3.05) is 49.1 Å². The highest BCUT2D eigenvalue weighted by Gasteiger charge is 2.25. The molecule has 2 heterocycles. The van der Waals surface area contributed by atoms with Crippen LogP contribution in [0.3, 0.4) is 0 Å². The third kappa shape index (κ3) is 3.97. The maximum absolute atomic E-state index is 12.3. The monoisotopic (exact) mass is 349 g/mol. The maximum Gasteiger partial charge on any atom is 0.222 e. The van der Waals surface area contributed by atoms with Gasteiger partial charge in [-0.15, -0.1) is 0 Å². The van der Waals surface area contributed by atoms with Gasteiger partial charge in [-0.1, -0.05) is 25.4 Å². The van der Waals surface area contributed by atoms with E-state index < -0.39 is 0 Å². The summed E-state index contributed by atoms with van der Waals surface area (Å²) in [4.78, 5) is 19.1. The molecule has 2 aliphatic rings. The summed E-state index contributed by atoms with van der Waals surface area (Å²) in [5.41, 5.74) is 2.51. The highest BCUT2D eigenvalue weighted by molar-refractivity contribution is 6.31. The van der Waals surface area contributed by atoms with E-state index in [4.69, 9.17) is 11.6 Å². The van der Waals surface area contributed by atoms with Crippen LogP contribution in [-0.2, 0) is 4.79 Å². The molecule has 2 saturated heterocycles. The van der Waals surface area contributed by atoms with Gasteiger partial charge in [-0.2, -0.15) is 0 Å². The van der Waals surface area contributed by atoms with Gasteiger partial charge < -0.3 is 14.7 Å². The summed E-state index contributed by atoms with van der Waals surface area (Å²) in [6.45, 7) is 9.84. The number of benzene rings is 1. The molecule has 4 nitrogen and oxygen atoms in total. The van der Waals surface area contributed by atoms with Gasteiger partial charge in [0.05, 0.1) is 11.4 Å². The zero-order valence-electron chi connectivity index (χ0n) is 14.8. The molecular weight excluding hydrogens is 322 g/mol. The molecule has 0 N–H and O–H groups in total. The van der Waals surface area contributed by atoms with Gasteiger partial charge >= 0.3 is 0 Å². The molecule has 0 spiro atoms. The first kappa shape index (κ1) is 17.4. The fourth-order valence-corrected chi connectivity index (χ4v) is 3.82. The third-order valence-electron chi connectivity index (χ3n) is 4.94. The highest BCUT2D eigenvalue weighted by atomic mass is 35.5. The fourth-order valence-electron chi connectivity index (χ4n) is 3.65. The quantitative estimate of drug-likeness (QED) is 0.830. The Morgan fingerprint density at radius 1 is 1.00 bits per heavy atom. The van der Waals surface area contributed by atoms with E-state index in [1.807, 2.05) is 11.0 Å². The molecule has 0 unspecified atom stereocenters. The second-order valence-corrected chi connectivity index (χ2v) is 7.73. The van der Waals surface area contributed by atoms with Crippen molar-refractivity contribution in [1.82, 2.24) is 4.90 Å². The molecule has 0 radical (unpaired) electrons. The predicted octanol–water partition coefficient (Wildman–Crippen LogP) is 3.63. The van der Waals surface area contributed by atoms with Crippen molar-refractivity contribution in [3.8, 4) is 0 Å². The van der Waals surface area contributed by atoms with Gasteiger partial charge in [-0.05, 0) is 37.0 Å². The van der Waals surface area contributed by atoms with Gasteiger partial charge in [0, 0.05) is 50.7 Å². The number of rotatable bonds is 4. The topological polar surface area (TPSA) is 26.8 Å². The molecule has 1 amide bonds. The molecule has 0 bridgehead atoms. The molecular formula is C19H28ClN3O. The molecule has 1 aromatic rings. The van der Waals surface area contributed by atoms with Gasteiger partial charge in [0.1, 0.15) is 0 Å². The second-order valence-electron chi connectivity index (χ2n) is 7.29. The average molecular weight is 350 g/mol. The number of nitrogens with zero attached hydrogens (tertiary/aromatic N) is 3. The standard InChI is InChI=1S/C19H28ClN3O/c1-15(2)13-19(24)23-11-9-22(10-12-23)17-6-5-16(20)14-18(17)21-7-3-4-8-21/h5-6,14-15H,3-4,7-13H2,1-2H3. The van der Waals surface area contributed by atoms with Crippen LogP contribution in [0.25, 0.3) is 0 Å². The Hall–Kier alpha value is -1.42. The summed E-state index contributed by atoms with van der Waals surface area (Å²) in [5.74, 6) is 0.717. The zero-order chi connectivity index (χ0) is 17.1. The highest BCUT2D eigenvalue weighted by Crippen LogP contribution is 2.34. The van der Waals surface area contributed by atoms with Crippen molar-refractivity contribution < 1.29 is 4.79 Å². The molecule has 3 rings (SSSR count).